The Morgan fingerprint density at radius 1 is 1.42 bits per heavy atom. The number of pyridine rings is 1. The zero-order valence-electron chi connectivity index (χ0n) is 12.0. The minimum absolute atomic E-state index is 0.197. The van der Waals surface area contributed by atoms with Gasteiger partial charge in [0.2, 0.25) is 0 Å². The maximum absolute atomic E-state index is 8.92. The fourth-order valence-electron chi connectivity index (χ4n) is 1.92. The molecule has 0 bridgehead atoms. The predicted octanol–water partition coefficient (Wildman–Crippen LogP) is 4.63. The first-order chi connectivity index (χ1) is 9.00. The van der Waals surface area contributed by atoms with Crippen LogP contribution < -0.4 is 5.32 Å². The van der Waals surface area contributed by atoms with Crippen LogP contribution in [-0.4, -0.2) is 11.5 Å². The van der Waals surface area contributed by atoms with Crippen molar-refractivity contribution >= 4 is 17.4 Å². The lowest BCUT2D eigenvalue weighted by molar-refractivity contribution is 0.342. The highest BCUT2D eigenvalue weighted by Crippen LogP contribution is 2.27. The van der Waals surface area contributed by atoms with Gasteiger partial charge in [-0.3, -0.25) is 0 Å². The van der Waals surface area contributed by atoms with E-state index in [9.17, 15) is 0 Å². The summed E-state index contributed by atoms with van der Waals surface area (Å²) in [5.74, 6) is 0.601. The number of hydrogen-bond donors (Lipinski definition) is 1. The fourth-order valence-corrected chi connectivity index (χ4v) is 2.14. The highest BCUT2D eigenvalue weighted by molar-refractivity contribution is 6.34. The third kappa shape index (κ3) is 5.08. The molecule has 0 aliphatic heterocycles. The molecule has 0 saturated heterocycles. The third-order valence-electron chi connectivity index (χ3n) is 3.20. The molecule has 0 unspecified atom stereocenters. The van der Waals surface area contributed by atoms with Crippen LogP contribution in [0.4, 0.5) is 5.82 Å². The van der Waals surface area contributed by atoms with Crippen molar-refractivity contribution in [1.29, 1.82) is 5.26 Å². The number of hydrogen-bond acceptors (Lipinski definition) is 3. The number of nitrogens with zero attached hydrogens (tertiary/aromatic N) is 2. The van der Waals surface area contributed by atoms with E-state index in [4.69, 9.17) is 16.9 Å². The molecule has 19 heavy (non-hydrogen) atoms. The smallest absolute Gasteiger partial charge is 0.146 e. The Bertz CT molecular complexity index is 449. The van der Waals surface area contributed by atoms with Crippen molar-refractivity contribution in [2.75, 3.05) is 11.9 Å². The van der Waals surface area contributed by atoms with E-state index in [1.54, 1.807) is 12.3 Å². The molecule has 0 radical (unpaired) electrons. The Balaban J connectivity index is 2.59. The van der Waals surface area contributed by atoms with Crippen LogP contribution in [0.2, 0.25) is 5.02 Å². The van der Waals surface area contributed by atoms with Gasteiger partial charge in [-0.2, -0.15) is 5.26 Å². The minimum Gasteiger partial charge on any atom is -0.368 e. The van der Waals surface area contributed by atoms with Crippen LogP contribution in [-0.2, 0) is 0 Å². The number of nitriles is 1. The zero-order chi connectivity index (χ0) is 14.3. The second-order valence-corrected chi connectivity index (χ2v) is 5.99. The van der Waals surface area contributed by atoms with Crippen LogP contribution in [0.25, 0.3) is 0 Å². The maximum atomic E-state index is 8.92. The molecule has 1 heterocycles. The van der Waals surface area contributed by atoms with Gasteiger partial charge in [-0.1, -0.05) is 51.6 Å². The lowest BCUT2D eigenvalue weighted by Crippen LogP contribution is -2.23. The van der Waals surface area contributed by atoms with E-state index in [1.165, 1.54) is 25.7 Å². The SMILES string of the molecule is CCCCCC(C)(C)CNc1nccc(C#N)c1Cl. The molecular formula is C15H22ClN3. The number of halogens is 1. The topological polar surface area (TPSA) is 48.7 Å². The summed E-state index contributed by atoms with van der Waals surface area (Å²) in [5.41, 5.74) is 0.658. The van der Waals surface area contributed by atoms with Gasteiger partial charge < -0.3 is 5.32 Å². The minimum atomic E-state index is 0.197. The van der Waals surface area contributed by atoms with E-state index in [2.05, 4.69) is 37.1 Å². The Hall–Kier alpha value is -1.27. The summed E-state index contributed by atoms with van der Waals surface area (Å²) >= 11 is 6.12. The van der Waals surface area contributed by atoms with Gasteiger partial charge in [-0.05, 0) is 17.9 Å². The standard InChI is InChI=1S/C15H22ClN3/c1-4-5-6-8-15(2,3)11-19-14-13(16)12(10-17)7-9-18-14/h7,9H,4-6,8,11H2,1-3H3,(H,18,19). The van der Waals surface area contributed by atoms with Gasteiger partial charge in [0.25, 0.3) is 0 Å². The molecule has 1 rings (SSSR count). The highest BCUT2D eigenvalue weighted by atomic mass is 35.5. The molecule has 0 aliphatic rings. The summed E-state index contributed by atoms with van der Waals surface area (Å²) < 4.78 is 0. The van der Waals surface area contributed by atoms with Crippen molar-refractivity contribution in [2.24, 2.45) is 5.41 Å². The van der Waals surface area contributed by atoms with Gasteiger partial charge in [-0.15, -0.1) is 0 Å². The second kappa shape index (κ2) is 7.35. The average molecular weight is 280 g/mol. The van der Waals surface area contributed by atoms with Crippen LogP contribution in [0.15, 0.2) is 12.3 Å². The molecule has 0 atom stereocenters. The molecule has 0 spiro atoms. The van der Waals surface area contributed by atoms with Crippen molar-refractivity contribution < 1.29 is 0 Å². The normalized spacial score (nSPS) is 11.1. The van der Waals surface area contributed by atoms with Crippen molar-refractivity contribution in [3.05, 3.63) is 22.8 Å². The Morgan fingerprint density at radius 2 is 2.16 bits per heavy atom. The fraction of sp³-hybridized carbons (Fsp3) is 0.600. The molecule has 3 nitrogen and oxygen atoms in total. The van der Waals surface area contributed by atoms with Crippen molar-refractivity contribution in [1.82, 2.24) is 4.98 Å². The lowest BCUT2D eigenvalue weighted by atomic mass is 9.87. The average Bonchev–Trinajstić information content (AvgIpc) is 2.38. The summed E-state index contributed by atoms with van der Waals surface area (Å²) in [6, 6.07) is 3.69. The summed E-state index contributed by atoms with van der Waals surface area (Å²) in [5, 5.41) is 12.6. The first-order valence-electron chi connectivity index (χ1n) is 6.78. The molecular weight excluding hydrogens is 258 g/mol. The van der Waals surface area contributed by atoms with Crippen LogP contribution in [0.1, 0.15) is 52.0 Å². The first kappa shape index (κ1) is 15.8. The van der Waals surface area contributed by atoms with Crippen molar-refractivity contribution in [3.63, 3.8) is 0 Å². The van der Waals surface area contributed by atoms with E-state index in [-0.39, 0.29) is 5.41 Å². The lowest BCUT2D eigenvalue weighted by Gasteiger charge is -2.25. The van der Waals surface area contributed by atoms with E-state index < -0.39 is 0 Å². The third-order valence-corrected chi connectivity index (χ3v) is 3.58. The molecule has 1 N–H and O–H groups in total. The number of aromatic nitrogens is 1. The summed E-state index contributed by atoms with van der Waals surface area (Å²) in [7, 11) is 0. The van der Waals surface area contributed by atoms with E-state index in [0.717, 1.165) is 6.54 Å². The molecule has 4 heteroatoms. The van der Waals surface area contributed by atoms with Gasteiger partial charge in [0.05, 0.1) is 5.56 Å². The number of unbranched alkanes of at least 4 members (excludes halogenated alkanes) is 2. The van der Waals surface area contributed by atoms with Gasteiger partial charge in [0, 0.05) is 12.7 Å². The van der Waals surface area contributed by atoms with Crippen LogP contribution in [0.5, 0.6) is 0 Å². The molecule has 0 fully saturated rings. The summed E-state index contributed by atoms with van der Waals surface area (Å²) in [6.07, 6.45) is 6.53. The molecule has 1 aromatic rings. The van der Waals surface area contributed by atoms with Crippen LogP contribution in [0, 0.1) is 16.7 Å². The van der Waals surface area contributed by atoms with E-state index in [0.29, 0.717) is 16.4 Å². The van der Waals surface area contributed by atoms with Crippen LogP contribution in [0.3, 0.4) is 0 Å². The molecule has 0 aliphatic carbocycles. The maximum Gasteiger partial charge on any atom is 0.146 e. The molecule has 0 amide bonds. The monoisotopic (exact) mass is 279 g/mol. The molecule has 0 saturated carbocycles. The van der Waals surface area contributed by atoms with E-state index in [1.807, 2.05) is 0 Å². The Morgan fingerprint density at radius 3 is 2.79 bits per heavy atom. The van der Waals surface area contributed by atoms with Crippen molar-refractivity contribution in [3.8, 4) is 6.07 Å². The second-order valence-electron chi connectivity index (χ2n) is 5.61. The quantitative estimate of drug-likeness (QED) is 0.741. The number of rotatable bonds is 7. The first-order valence-corrected chi connectivity index (χ1v) is 7.16. The molecule has 104 valence electrons. The molecule has 0 aromatic carbocycles. The largest absolute Gasteiger partial charge is 0.368 e. The predicted molar refractivity (Wildman–Crippen MR) is 80.4 cm³/mol. The Labute approximate surface area is 121 Å². The summed E-state index contributed by atoms with van der Waals surface area (Å²) in [6.45, 7) is 7.48. The van der Waals surface area contributed by atoms with Gasteiger partial charge in [-0.25, -0.2) is 4.98 Å². The van der Waals surface area contributed by atoms with Crippen LogP contribution >= 0.6 is 11.6 Å². The van der Waals surface area contributed by atoms with E-state index >= 15 is 0 Å². The van der Waals surface area contributed by atoms with Gasteiger partial charge in [0.15, 0.2) is 0 Å². The van der Waals surface area contributed by atoms with Crippen molar-refractivity contribution in [2.45, 2.75) is 46.5 Å². The van der Waals surface area contributed by atoms with Gasteiger partial charge in [0.1, 0.15) is 16.9 Å². The van der Waals surface area contributed by atoms with Gasteiger partial charge >= 0.3 is 0 Å². The highest BCUT2D eigenvalue weighted by Gasteiger charge is 2.18. The zero-order valence-corrected chi connectivity index (χ0v) is 12.7. The number of nitrogens with one attached hydrogen (secondary N) is 1. The number of anilines is 1. The summed E-state index contributed by atoms with van der Waals surface area (Å²) in [4.78, 5) is 4.19. The molecule has 1 aromatic heterocycles. The Kier molecular flexibility index (Phi) is 6.11.